The molecule has 7 nitrogen and oxygen atoms in total. The number of halogens is 1. The van der Waals surface area contributed by atoms with E-state index >= 15 is 0 Å². The van der Waals surface area contributed by atoms with Gasteiger partial charge in [0.15, 0.2) is 15.8 Å². The molecule has 2 N–H and O–H groups in total. The lowest BCUT2D eigenvalue weighted by atomic mass is 10.2. The quantitative estimate of drug-likeness (QED) is 0.536. The number of ether oxygens (including phenoxy) is 2. The molecule has 3 aromatic rings. The Kier molecular flexibility index (Phi) is 6.15. The first-order valence-electron chi connectivity index (χ1n) is 8.87. The van der Waals surface area contributed by atoms with Crippen LogP contribution in [0, 0.1) is 5.82 Å². The van der Waals surface area contributed by atoms with Gasteiger partial charge in [-0.2, -0.15) is 0 Å². The third-order valence-electron chi connectivity index (χ3n) is 3.98. The maximum atomic E-state index is 12.9. The Morgan fingerprint density at radius 1 is 1.03 bits per heavy atom. The van der Waals surface area contributed by atoms with Crippen molar-refractivity contribution in [2.24, 2.45) is 0 Å². The van der Waals surface area contributed by atoms with Crippen LogP contribution in [-0.2, 0) is 16.0 Å². The molecule has 2 amide bonds. The molecule has 0 radical (unpaired) electrons. The summed E-state index contributed by atoms with van der Waals surface area (Å²) in [6, 6.07) is 10.8. The number of thioether (sulfide) groups is 1. The minimum Gasteiger partial charge on any atom is -0.454 e. The Morgan fingerprint density at radius 2 is 1.77 bits per heavy atom. The van der Waals surface area contributed by atoms with Gasteiger partial charge in [0, 0.05) is 22.8 Å². The van der Waals surface area contributed by atoms with Crippen molar-refractivity contribution in [3.63, 3.8) is 0 Å². The molecular weight excluding hydrogens is 429 g/mol. The van der Waals surface area contributed by atoms with Crippen LogP contribution in [0.1, 0.15) is 5.69 Å². The number of anilines is 2. The van der Waals surface area contributed by atoms with Gasteiger partial charge in [-0.15, -0.1) is 11.3 Å². The Bertz CT molecular complexity index is 1070. The number of nitrogens with one attached hydrogen (secondary N) is 2. The van der Waals surface area contributed by atoms with Crippen molar-refractivity contribution in [2.75, 3.05) is 23.2 Å². The van der Waals surface area contributed by atoms with Gasteiger partial charge in [0.1, 0.15) is 5.82 Å². The third kappa shape index (κ3) is 5.28. The summed E-state index contributed by atoms with van der Waals surface area (Å²) >= 11 is 2.65. The van der Waals surface area contributed by atoms with E-state index in [-0.39, 0.29) is 36.6 Å². The highest BCUT2D eigenvalue weighted by molar-refractivity contribution is 8.01. The monoisotopic (exact) mass is 445 g/mol. The standard InChI is InChI=1S/C20H16FN3O4S2/c21-12-1-3-13(4-2-12)22-19(26)10-30-20-24-15(9-29-20)8-18(25)23-14-5-6-16-17(7-14)28-11-27-16/h1-7,9H,8,10-11H2,(H,22,26)(H,23,25). The Balaban J connectivity index is 1.25. The molecule has 1 aromatic heterocycles. The van der Waals surface area contributed by atoms with Crippen molar-refractivity contribution in [1.82, 2.24) is 4.98 Å². The third-order valence-corrected chi connectivity index (χ3v) is 6.05. The summed E-state index contributed by atoms with van der Waals surface area (Å²) in [5.74, 6) is 0.624. The van der Waals surface area contributed by atoms with Crippen LogP contribution < -0.4 is 20.1 Å². The second kappa shape index (κ2) is 9.14. The van der Waals surface area contributed by atoms with Gasteiger partial charge in [0.05, 0.1) is 17.9 Å². The predicted molar refractivity (Wildman–Crippen MR) is 113 cm³/mol. The minimum atomic E-state index is -0.361. The zero-order valence-electron chi connectivity index (χ0n) is 15.5. The number of hydrogen-bond acceptors (Lipinski definition) is 7. The van der Waals surface area contributed by atoms with E-state index in [1.54, 1.807) is 23.6 Å². The molecule has 30 heavy (non-hydrogen) atoms. The predicted octanol–water partition coefficient (Wildman–Crippen LogP) is 3.92. The topological polar surface area (TPSA) is 89.6 Å². The lowest BCUT2D eigenvalue weighted by Crippen LogP contribution is -2.14. The van der Waals surface area contributed by atoms with Crippen molar-refractivity contribution in [3.05, 3.63) is 59.4 Å². The van der Waals surface area contributed by atoms with Crippen LogP contribution >= 0.6 is 23.1 Å². The van der Waals surface area contributed by atoms with E-state index in [0.29, 0.717) is 32.9 Å². The van der Waals surface area contributed by atoms with Gasteiger partial charge >= 0.3 is 0 Å². The van der Waals surface area contributed by atoms with E-state index in [1.807, 2.05) is 0 Å². The molecule has 10 heteroatoms. The molecule has 0 fully saturated rings. The number of thiazole rings is 1. The molecule has 2 aromatic carbocycles. The summed E-state index contributed by atoms with van der Waals surface area (Å²) in [4.78, 5) is 28.7. The maximum absolute atomic E-state index is 12.9. The first-order valence-corrected chi connectivity index (χ1v) is 10.7. The average Bonchev–Trinajstić information content (AvgIpc) is 3.37. The fourth-order valence-corrected chi connectivity index (χ4v) is 4.28. The van der Waals surface area contributed by atoms with Gasteiger partial charge in [0.2, 0.25) is 18.6 Å². The van der Waals surface area contributed by atoms with Crippen LogP contribution in [0.5, 0.6) is 11.5 Å². The summed E-state index contributed by atoms with van der Waals surface area (Å²) in [5.41, 5.74) is 1.77. The SMILES string of the molecule is O=C(CSc1nc(CC(=O)Nc2ccc3c(c2)OCO3)cs1)Nc1ccc(F)cc1. The number of nitrogens with zero attached hydrogens (tertiary/aromatic N) is 1. The maximum Gasteiger partial charge on any atom is 0.234 e. The van der Waals surface area contributed by atoms with E-state index < -0.39 is 0 Å². The first-order chi connectivity index (χ1) is 14.5. The molecular formula is C20H16FN3O4S2. The second-order valence-electron chi connectivity index (χ2n) is 6.24. The smallest absolute Gasteiger partial charge is 0.234 e. The highest BCUT2D eigenvalue weighted by atomic mass is 32.2. The largest absolute Gasteiger partial charge is 0.454 e. The molecule has 2 heterocycles. The number of aromatic nitrogens is 1. The molecule has 154 valence electrons. The molecule has 4 rings (SSSR count). The summed E-state index contributed by atoms with van der Waals surface area (Å²) in [6.07, 6.45) is 0.118. The van der Waals surface area contributed by atoms with Gasteiger partial charge < -0.3 is 20.1 Å². The first kappa shape index (κ1) is 20.2. The van der Waals surface area contributed by atoms with Crippen molar-refractivity contribution in [3.8, 4) is 11.5 Å². The molecule has 1 aliphatic rings. The van der Waals surface area contributed by atoms with Crippen LogP contribution in [0.15, 0.2) is 52.2 Å². The molecule has 0 atom stereocenters. The normalized spacial score (nSPS) is 11.9. The number of carbonyl (C=O) groups excluding carboxylic acids is 2. The molecule has 1 aliphatic heterocycles. The van der Waals surface area contributed by atoms with Crippen LogP contribution in [0.2, 0.25) is 0 Å². The number of hydrogen-bond donors (Lipinski definition) is 2. The fraction of sp³-hybridized carbons (Fsp3) is 0.150. The zero-order chi connectivity index (χ0) is 20.9. The number of rotatable bonds is 7. The van der Waals surface area contributed by atoms with Crippen molar-refractivity contribution in [2.45, 2.75) is 10.8 Å². The Morgan fingerprint density at radius 3 is 2.60 bits per heavy atom. The molecule has 0 unspecified atom stereocenters. The average molecular weight is 445 g/mol. The van der Waals surface area contributed by atoms with E-state index in [2.05, 4.69) is 15.6 Å². The summed E-state index contributed by atoms with van der Waals surface area (Å²) in [7, 11) is 0. The van der Waals surface area contributed by atoms with Gasteiger partial charge in [0.25, 0.3) is 0 Å². The van der Waals surface area contributed by atoms with Crippen molar-refractivity contribution in [1.29, 1.82) is 0 Å². The number of fused-ring (bicyclic) bond motifs is 1. The van der Waals surface area contributed by atoms with Crippen LogP contribution in [-0.4, -0.2) is 29.3 Å². The van der Waals surface area contributed by atoms with Crippen LogP contribution in [0.3, 0.4) is 0 Å². The molecule has 0 bridgehead atoms. The van der Waals surface area contributed by atoms with E-state index in [4.69, 9.17) is 9.47 Å². The summed E-state index contributed by atoms with van der Waals surface area (Å²) < 4.78 is 24.1. The van der Waals surface area contributed by atoms with Crippen molar-refractivity contribution >= 4 is 46.3 Å². The lowest BCUT2D eigenvalue weighted by Gasteiger charge is -2.05. The zero-order valence-corrected chi connectivity index (χ0v) is 17.1. The summed E-state index contributed by atoms with van der Waals surface area (Å²) in [5, 5.41) is 7.29. The van der Waals surface area contributed by atoms with Gasteiger partial charge in [-0.1, -0.05) is 11.8 Å². The molecule has 0 saturated heterocycles. The Hall–Kier alpha value is -3.11. The van der Waals surface area contributed by atoms with Crippen LogP contribution in [0.25, 0.3) is 0 Å². The van der Waals surface area contributed by atoms with E-state index in [0.717, 1.165) is 0 Å². The molecule has 0 saturated carbocycles. The number of amides is 2. The van der Waals surface area contributed by atoms with Crippen molar-refractivity contribution < 1.29 is 23.5 Å². The number of carbonyl (C=O) groups is 2. The van der Waals surface area contributed by atoms with Gasteiger partial charge in [-0.3, -0.25) is 9.59 Å². The molecule has 0 spiro atoms. The second-order valence-corrected chi connectivity index (χ2v) is 8.32. The van der Waals surface area contributed by atoms with E-state index in [1.165, 1.54) is 47.4 Å². The fourth-order valence-electron chi connectivity index (χ4n) is 2.64. The highest BCUT2D eigenvalue weighted by Crippen LogP contribution is 2.34. The summed E-state index contributed by atoms with van der Waals surface area (Å²) in [6.45, 7) is 0.175. The molecule has 0 aliphatic carbocycles. The van der Waals surface area contributed by atoms with Crippen LogP contribution in [0.4, 0.5) is 15.8 Å². The minimum absolute atomic E-state index is 0.118. The Labute approximate surface area is 179 Å². The highest BCUT2D eigenvalue weighted by Gasteiger charge is 2.15. The van der Waals surface area contributed by atoms with Gasteiger partial charge in [-0.25, -0.2) is 9.37 Å². The number of benzene rings is 2. The van der Waals surface area contributed by atoms with E-state index in [9.17, 15) is 14.0 Å². The lowest BCUT2D eigenvalue weighted by molar-refractivity contribution is -0.116. The van der Waals surface area contributed by atoms with Gasteiger partial charge in [-0.05, 0) is 36.4 Å².